The standard InChI is InChI=1S/C19H22N6O3S2/c1-12-5-6-14(18-17(12)13(9-20)10-21-18)23-30(27,28)16-11-22-19(29-16)25(4)15(26)7-8-24(2)3/h5-6,10-11,21,23H,7-8H2,1-4H3. The van der Waals surface area contributed by atoms with E-state index in [0.717, 1.165) is 16.9 Å². The molecule has 0 radical (unpaired) electrons. The molecule has 158 valence electrons. The zero-order chi connectivity index (χ0) is 22.1. The predicted octanol–water partition coefficient (Wildman–Crippen LogP) is 2.52. The van der Waals surface area contributed by atoms with E-state index < -0.39 is 10.0 Å². The lowest BCUT2D eigenvalue weighted by Gasteiger charge is -2.15. The van der Waals surface area contributed by atoms with Gasteiger partial charge in [-0.15, -0.1) is 0 Å². The number of anilines is 2. The maximum absolute atomic E-state index is 12.9. The van der Waals surface area contributed by atoms with Crippen molar-refractivity contribution in [3.05, 3.63) is 35.7 Å². The molecular formula is C19H22N6O3S2. The van der Waals surface area contributed by atoms with Crippen molar-refractivity contribution in [2.24, 2.45) is 0 Å². The average Bonchev–Trinajstić information content (AvgIpc) is 3.35. The third kappa shape index (κ3) is 4.30. The highest BCUT2D eigenvalue weighted by atomic mass is 32.2. The van der Waals surface area contributed by atoms with Gasteiger partial charge in [0.05, 0.1) is 23.0 Å². The monoisotopic (exact) mass is 446 g/mol. The summed E-state index contributed by atoms with van der Waals surface area (Å²) in [7, 11) is 1.40. The molecule has 0 saturated heterocycles. The number of aromatic nitrogens is 2. The van der Waals surface area contributed by atoms with Crippen LogP contribution in [0.3, 0.4) is 0 Å². The van der Waals surface area contributed by atoms with Gasteiger partial charge < -0.3 is 9.88 Å². The molecule has 3 aromatic rings. The molecule has 3 rings (SSSR count). The smallest absolute Gasteiger partial charge is 0.273 e. The first-order valence-corrected chi connectivity index (χ1v) is 11.3. The van der Waals surface area contributed by atoms with Crippen molar-refractivity contribution < 1.29 is 13.2 Å². The molecule has 0 aliphatic carbocycles. The average molecular weight is 447 g/mol. The first-order chi connectivity index (χ1) is 14.1. The molecule has 11 heteroatoms. The van der Waals surface area contributed by atoms with Gasteiger partial charge in [0.2, 0.25) is 5.91 Å². The van der Waals surface area contributed by atoms with Gasteiger partial charge in [-0.3, -0.25) is 14.4 Å². The summed E-state index contributed by atoms with van der Waals surface area (Å²) in [5.41, 5.74) is 2.18. The molecule has 2 aromatic heterocycles. The Labute approximate surface area is 179 Å². The molecule has 0 bridgehead atoms. The summed E-state index contributed by atoms with van der Waals surface area (Å²) >= 11 is 0.915. The van der Waals surface area contributed by atoms with Crippen LogP contribution in [0.2, 0.25) is 0 Å². The largest absolute Gasteiger partial charge is 0.358 e. The van der Waals surface area contributed by atoms with E-state index in [4.69, 9.17) is 0 Å². The lowest BCUT2D eigenvalue weighted by atomic mass is 10.1. The van der Waals surface area contributed by atoms with E-state index in [9.17, 15) is 18.5 Å². The van der Waals surface area contributed by atoms with Crippen LogP contribution in [0.1, 0.15) is 17.5 Å². The van der Waals surface area contributed by atoms with Crippen LogP contribution in [-0.2, 0) is 14.8 Å². The Bertz CT molecular complexity index is 1240. The number of aryl methyl sites for hydroxylation is 1. The minimum Gasteiger partial charge on any atom is -0.358 e. The Hall–Kier alpha value is -2.94. The Morgan fingerprint density at radius 3 is 2.73 bits per heavy atom. The van der Waals surface area contributed by atoms with Gasteiger partial charge in [0.1, 0.15) is 6.07 Å². The second-order valence-corrected chi connectivity index (χ2v) is 9.99. The highest BCUT2D eigenvalue weighted by Gasteiger charge is 2.23. The van der Waals surface area contributed by atoms with Crippen molar-refractivity contribution in [3.8, 4) is 6.07 Å². The van der Waals surface area contributed by atoms with Gasteiger partial charge in [-0.2, -0.15) is 5.26 Å². The van der Waals surface area contributed by atoms with E-state index in [-0.39, 0.29) is 10.1 Å². The molecule has 0 aliphatic rings. The molecule has 0 spiro atoms. The third-order valence-electron chi connectivity index (χ3n) is 4.58. The molecule has 2 heterocycles. The number of carbonyl (C=O) groups excluding carboxylic acids is 1. The van der Waals surface area contributed by atoms with Crippen molar-refractivity contribution in [1.29, 1.82) is 5.26 Å². The number of rotatable bonds is 7. The Morgan fingerprint density at radius 2 is 2.07 bits per heavy atom. The fourth-order valence-corrected chi connectivity index (χ4v) is 5.08. The molecule has 30 heavy (non-hydrogen) atoms. The fourth-order valence-electron chi connectivity index (χ4n) is 2.91. The van der Waals surface area contributed by atoms with Crippen molar-refractivity contribution in [3.63, 3.8) is 0 Å². The summed E-state index contributed by atoms with van der Waals surface area (Å²) in [5, 5.41) is 10.2. The van der Waals surface area contributed by atoms with E-state index in [0.29, 0.717) is 40.3 Å². The van der Waals surface area contributed by atoms with Gasteiger partial charge in [0.25, 0.3) is 10.0 Å². The first-order valence-electron chi connectivity index (χ1n) is 9.04. The number of nitriles is 1. The lowest BCUT2D eigenvalue weighted by molar-refractivity contribution is -0.118. The van der Waals surface area contributed by atoms with Crippen molar-refractivity contribution in [1.82, 2.24) is 14.9 Å². The predicted molar refractivity (Wildman–Crippen MR) is 117 cm³/mol. The van der Waals surface area contributed by atoms with Gasteiger partial charge >= 0.3 is 0 Å². The van der Waals surface area contributed by atoms with Gasteiger partial charge in [-0.1, -0.05) is 17.4 Å². The summed E-state index contributed by atoms with van der Waals surface area (Å²) in [6.45, 7) is 2.44. The molecule has 1 aromatic carbocycles. The van der Waals surface area contributed by atoms with Crippen LogP contribution in [0, 0.1) is 18.3 Å². The summed E-state index contributed by atoms with van der Waals surface area (Å²) in [6, 6.07) is 5.50. The molecule has 1 amide bonds. The number of fused-ring (bicyclic) bond motifs is 1. The summed E-state index contributed by atoms with van der Waals surface area (Å²) in [5.74, 6) is -0.148. The van der Waals surface area contributed by atoms with Gasteiger partial charge in [-0.25, -0.2) is 13.4 Å². The topological polar surface area (TPSA) is 122 Å². The quantitative estimate of drug-likeness (QED) is 0.575. The highest BCUT2D eigenvalue weighted by molar-refractivity contribution is 7.94. The number of hydrogen-bond donors (Lipinski definition) is 2. The van der Waals surface area contributed by atoms with Gasteiger partial charge in [-0.05, 0) is 32.6 Å². The normalized spacial score (nSPS) is 11.6. The highest BCUT2D eigenvalue weighted by Crippen LogP contribution is 2.32. The SMILES string of the molecule is Cc1ccc(NS(=O)(=O)c2cnc(N(C)C(=O)CCN(C)C)s2)c2[nH]cc(C#N)c12. The van der Waals surface area contributed by atoms with Gasteiger partial charge in [0, 0.05) is 31.6 Å². The number of H-pyrrole nitrogens is 1. The van der Waals surface area contributed by atoms with Crippen LogP contribution in [0.4, 0.5) is 10.8 Å². The summed E-state index contributed by atoms with van der Waals surface area (Å²) < 4.78 is 28.3. The molecule has 2 N–H and O–H groups in total. The lowest BCUT2D eigenvalue weighted by Crippen LogP contribution is -2.29. The fraction of sp³-hybridized carbons (Fsp3) is 0.316. The molecule has 0 atom stereocenters. The van der Waals surface area contributed by atoms with E-state index in [1.165, 1.54) is 11.1 Å². The van der Waals surface area contributed by atoms with Crippen LogP contribution < -0.4 is 9.62 Å². The van der Waals surface area contributed by atoms with Crippen molar-refractivity contribution >= 4 is 49.0 Å². The number of sulfonamides is 1. The summed E-state index contributed by atoms with van der Waals surface area (Å²) in [6.07, 6.45) is 3.09. The number of nitrogens with one attached hydrogen (secondary N) is 2. The zero-order valence-corrected chi connectivity index (χ0v) is 18.7. The zero-order valence-electron chi connectivity index (χ0n) is 17.1. The maximum Gasteiger partial charge on any atom is 0.273 e. The number of nitrogens with zero attached hydrogens (tertiary/aromatic N) is 4. The Balaban J connectivity index is 1.85. The Morgan fingerprint density at radius 1 is 1.33 bits per heavy atom. The molecule has 0 aliphatic heterocycles. The first kappa shape index (κ1) is 21.8. The van der Waals surface area contributed by atoms with E-state index >= 15 is 0 Å². The van der Waals surface area contributed by atoms with Crippen LogP contribution in [0.5, 0.6) is 0 Å². The molecule has 9 nitrogen and oxygen atoms in total. The van der Waals surface area contributed by atoms with Crippen molar-refractivity contribution in [2.45, 2.75) is 17.6 Å². The van der Waals surface area contributed by atoms with E-state index in [2.05, 4.69) is 20.8 Å². The number of hydrogen-bond acceptors (Lipinski definition) is 7. The van der Waals surface area contributed by atoms with Gasteiger partial charge in [0.15, 0.2) is 9.34 Å². The van der Waals surface area contributed by atoms with Crippen LogP contribution in [0.15, 0.2) is 28.7 Å². The number of thiazole rings is 1. The second kappa shape index (κ2) is 8.43. The number of carbonyl (C=O) groups is 1. The number of benzene rings is 1. The molecule has 0 saturated carbocycles. The number of amides is 1. The van der Waals surface area contributed by atoms with E-state index in [1.54, 1.807) is 25.4 Å². The van der Waals surface area contributed by atoms with Crippen LogP contribution >= 0.6 is 11.3 Å². The van der Waals surface area contributed by atoms with Crippen LogP contribution in [0.25, 0.3) is 10.9 Å². The maximum atomic E-state index is 12.9. The van der Waals surface area contributed by atoms with Crippen LogP contribution in [-0.4, -0.2) is 56.9 Å². The third-order valence-corrected chi connectivity index (χ3v) is 7.48. The molecule has 0 fully saturated rings. The van der Waals surface area contributed by atoms with E-state index in [1.807, 2.05) is 25.9 Å². The number of aromatic amines is 1. The second-order valence-electron chi connectivity index (χ2n) is 7.07. The Kier molecular flexibility index (Phi) is 6.12. The molecule has 0 unspecified atom stereocenters. The summed E-state index contributed by atoms with van der Waals surface area (Å²) in [4.78, 5) is 22.6. The van der Waals surface area contributed by atoms with Crippen molar-refractivity contribution in [2.75, 3.05) is 37.3 Å². The minimum absolute atomic E-state index is 0.00875. The molecular weight excluding hydrogens is 424 g/mol. The minimum atomic E-state index is -3.92.